The Labute approximate surface area is 183 Å². The number of anilines is 2. The minimum atomic E-state index is -0.427. The Morgan fingerprint density at radius 3 is 2.20 bits per heavy atom. The van der Waals surface area contributed by atoms with Crippen molar-refractivity contribution >= 4 is 50.7 Å². The monoisotopic (exact) mass is 474 g/mol. The van der Waals surface area contributed by atoms with Gasteiger partial charge >= 0.3 is 0 Å². The van der Waals surface area contributed by atoms with Gasteiger partial charge in [-0.25, -0.2) is 5.43 Å². The lowest BCUT2D eigenvalue weighted by Gasteiger charge is -2.08. The van der Waals surface area contributed by atoms with Crippen LogP contribution < -0.4 is 20.8 Å². The average Bonchev–Trinajstić information content (AvgIpc) is 2.68. The molecular formula is C21H23BrN4O4. The smallest absolute Gasteiger partial charge is 0.277 e. The topological polar surface area (TPSA) is 109 Å². The van der Waals surface area contributed by atoms with Gasteiger partial charge in [-0.3, -0.25) is 14.4 Å². The molecule has 9 heteroatoms. The van der Waals surface area contributed by atoms with E-state index in [0.29, 0.717) is 22.8 Å². The van der Waals surface area contributed by atoms with Gasteiger partial charge in [0.15, 0.2) is 6.61 Å². The highest BCUT2D eigenvalue weighted by molar-refractivity contribution is 9.10. The molecule has 0 aliphatic carbocycles. The van der Waals surface area contributed by atoms with Crippen LogP contribution in [-0.2, 0) is 14.4 Å². The van der Waals surface area contributed by atoms with Crippen LogP contribution in [-0.4, -0.2) is 30.0 Å². The number of hydrogen-bond donors (Lipinski definition) is 3. The van der Waals surface area contributed by atoms with E-state index in [1.54, 1.807) is 37.3 Å². The maximum absolute atomic E-state index is 12.1. The molecule has 2 aromatic rings. The van der Waals surface area contributed by atoms with Crippen molar-refractivity contribution in [2.45, 2.75) is 27.2 Å². The fourth-order valence-electron chi connectivity index (χ4n) is 2.36. The van der Waals surface area contributed by atoms with E-state index < -0.39 is 5.91 Å². The molecule has 0 aliphatic heterocycles. The summed E-state index contributed by atoms with van der Waals surface area (Å²) in [6.45, 7) is 4.79. The third-order valence-corrected chi connectivity index (χ3v) is 4.67. The Morgan fingerprint density at radius 1 is 0.967 bits per heavy atom. The molecule has 0 spiro atoms. The Balaban J connectivity index is 1.76. The molecule has 2 rings (SSSR count). The lowest BCUT2D eigenvalue weighted by Crippen LogP contribution is -2.26. The van der Waals surface area contributed by atoms with Crippen LogP contribution in [0.4, 0.5) is 11.4 Å². The summed E-state index contributed by atoms with van der Waals surface area (Å²) in [7, 11) is 0. The molecule has 0 heterocycles. The first-order valence-corrected chi connectivity index (χ1v) is 9.90. The Hall–Kier alpha value is -3.20. The Kier molecular flexibility index (Phi) is 8.54. The molecule has 0 aromatic heterocycles. The van der Waals surface area contributed by atoms with Crippen LogP contribution >= 0.6 is 15.9 Å². The minimum Gasteiger partial charge on any atom is -0.484 e. The molecule has 3 amide bonds. The van der Waals surface area contributed by atoms with E-state index in [0.717, 1.165) is 10.0 Å². The second kappa shape index (κ2) is 11.1. The predicted molar refractivity (Wildman–Crippen MR) is 120 cm³/mol. The minimum absolute atomic E-state index is 0.0144. The van der Waals surface area contributed by atoms with Gasteiger partial charge < -0.3 is 15.4 Å². The van der Waals surface area contributed by atoms with Crippen LogP contribution in [0, 0.1) is 6.92 Å². The van der Waals surface area contributed by atoms with Gasteiger partial charge in [0.05, 0.1) is 6.42 Å². The summed E-state index contributed by atoms with van der Waals surface area (Å²) in [6.07, 6.45) is 0.0144. The van der Waals surface area contributed by atoms with Crippen molar-refractivity contribution in [3.63, 3.8) is 0 Å². The number of halogens is 1. The number of rotatable bonds is 8. The molecule has 0 bridgehead atoms. The molecule has 0 fully saturated rings. The van der Waals surface area contributed by atoms with E-state index in [9.17, 15) is 14.4 Å². The van der Waals surface area contributed by atoms with Gasteiger partial charge in [-0.2, -0.15) is 5.10 Å². The summed E-state index contributed by atoms with van der Waals surface area (Å²) in [5.74, 6) is -0.295. The number of benzene rings is 2. The first-order valence-electron chi connectivity index (χ1n) is 9.11. The van der Waals surface area contributed by atoms with Gasteiger partial charge in [-0.15, -0.1) is 0 Å². The fourth-order valence-corrected chi connectivity index (χ4v) is 2.61. The average molecular weight is 475 g/mol. The first kappa shape index (κ1) is 23.1. The number of ether oxygens (including phenoxy) is 1. The molecular weight excluding hydrogens is 452 g/mol. The number of nitrogens with zero attached hydrogens (tertiary/aromatic N) is 1. The molecule has 30 heavy (non-hydrogen) atoms. The molecule has 2 aromatic carbocycles. The van der Waals surface area contributed by atoms with Crippen LogP contribution in [0.15, 0.2) is 52.0 Å². The zero-order chi connectivity index (χ0) is 22.1. The van der Waals surface area contributed by atoms with E-state index in [2.05, 4.69) is 37.1 Å². The standard InChI is InChI=1S/C21H23BrN4O4/c1-13-10-18(8-9-19(13)22)30-12-21(29)26-25-14(2)11-20(28)24-17-6-4-16(5-7-17)23-15(3)27/h4-10H,11-12H2,1-3H3,(H,23,27)(H,24,28)(H,26,29)/b25-14-. The molecule has 3 N–H and O–H groups in total. The summed E-state index contributed by atoms with van der Waals surface area (Å²) in [6, 6.07) is 12.1. The zero-order valence-electron chi connectivity index (χ0n) is 16.9. The molecule has 0 aliphatic rings. The largest absolute Gasteiger partial charge is 0.484 e. The van der Waals surface area contributed by atoms with Crippen molar-refractivity contribution in [1.29, 1.82) is 0 Å². The van der Waals surface area contributed by atoms with Crippen molar-refractivity contribution in [2.24, 2.45) is 5.10 Å². The third-order valence-electron chi connectivity index (χ3n) is 3.78. The van der Waals surface area contributed by atoms with Gasteiger partial charge in [-0.1, -0.05) is 15.9 Å². The Morgan fingerprint density at radius 2 is 1.60 bits per heavy atom. The molecule has 0 unspecified atom stereocenters. The van der Waals surface area contributed by atoms with Crippen LogP contribution in [0.5, 0.6) is 5.75 Å². The number of aryl methyl sites for hydroxylation is 1. The summed E-state index contributed by atoms with van der Waals surface area (Å²) in [5.41, 5.74) is 5.03. The maximum atomic E-state index is 12.1. The van der Waals surface area contributed by atoms with E-state index >= 15 is 0 Å². The van der Waals surface area contributed by atoms with Gasteiger partial charge in [0.2, 0.25) is 11.8 Å². The summed E-state index contributed by atoms with van der Waals surface area (Å²) in [5, 5.41) is 9.29. The van der Waals surface area contributed by atoms with Crippen molar-refractivity contribution < 1.29 is 19.1 Å². The van der Waals surface area contributed by atoms with Crippen LogP contribution in [0.1, 0.15) is 25.8 Å². The summed E-state index contributed by atoms with van der Waals surface area (Å²) < 4.78 is 6.38. The highest BCUT2D eigenvalue weighted by Crippen LogP contribution is 2.21. The highest BCUT2D eigenvalue weighted by atomic mass is 79.9. The number of carbonyl (C=O) groups is 3. The predicted octanol–water partition coefficient (Wildman–Crippen LogP) is 3.62. The van der Waals surface area contributed by atoms with Crippen LogP contribution in [0.25, 0.3) is 0 Å². The van der Waals surface area contributed by atoms with E-state index in [1.165, 1.54) is 6.92 Å². The molecule has 0 radical (unpaired) electrons. The van der Waals surface area contributed by atoms with Crippen molar-refractivity contribution in [3.8, 4) is 5.75 Å². The molecule has 8 nitrogen and oxygen atoms in total. The van der Waals surface area contributed by atoms with E-state index in [-0.39, 0.29) is 24.8 Å². The second-order valence-corrected chi connectivity index (χ2v) is 7.42. The van der Waals surface area contributed by atoms with Gasteiger partial charge in [0, 0.05) is 28.5 Å². The van der Waals surface area contributed by atoms with E-state index in [1.807, 2.05) is 19.1 Å². The quantitative estimate of drug-likeness (QED) is 0.400. The normalized spacial score (nSPS) is 10.9. The lowest BCUT2D eigenvalue weighted by atomic mass is 10.2. The zero-order valence-corrected chi connectivity index (χ0v) is 18.5. The van der Waals surface area contributed by atoms with Crippen molar-refractivity contribution in [1.82, 2.24) is 5.43 Å². The van der Waals surface area contributed by atoms with Crippen molar-refractivity contribution in [3.05, 3.63) is 52.5 Å². The van der Waals surface area contributed by atoms with E-state index in [4.69, 9.17) is 4.74 Å². The number of amides is 3. The van der Waals surface area contributed by atoms with Gasteiger partial charge in [0.1, 0.15) is 5.75 Å². The van der Waals surface area contributed by atoms with Gasteiger partial charge in [-0.05, 0) is 61.9 Å². The fraction of sp³-hybridized carbons (Fsp3) is 0.238. The SMILES string of the molecule is CC(=O)Nc1ccc(NC(=O)C/C(C)=N\NC(=O)COc2ccc(Br)c(C)c2)cc1. The summed E-state index contributed by atoms with van der Waals surface area (Å²) in [4.78, 5) is 35.0. The highest BCUT2D eigenvalue weighted by Gasteiger charge is 2.07. The Bertz CT molecular complexity index is 958. The maximum Gasteiger partial charge on any atom is 0.277 e. The second-order valence-electron chi connectivity index (χ2n) is 6.57. The van der Waals surface area contributed by atoms with Crippen LogP contribution in [0.3, 0.4) is 0 Å². The lowest BCUT2D eigenvalue weighted by molar-refractivity contribution is -0.123. The number of hydrogen-bond acceptors (Lipinski definition) is 5. The number of carbonyl (C=O) groups excluding carboxylic acids is 3. The molecule has 0 atom stereocenters. The summed E-state index contributed by atoms with van der Waals surface area (Å²) >= 11 is 3.40. The molecule has 158 valence electrons. The van der Waals surface area contributed by atoms with Crippen LogP contribution in [0.2, 0.25) is 0 Å². The molecule has 0 saturated carbocycles. The van der Waals surface area contributed by atoms with Crippen molar-refractivity contribution in [2.75, 3.05) is 17.2 Å². The number of nitrogens with one attached hydrogen (secondary N) is 3. The van der Waals surface area contributed by atoms with Gasteiger partial charge in [0.25, 0.3) is 5.91 Å². The first-order chi connectivity index (χ1) is 14.2. The molecule has 0 saturated heterocycles. The third kappa shape index (κ3) is 8.04. The number of hydrazone groups is 1.